The van der Waals surface area contributed by atoms with Crippen molar-refractivity contribution in [3.63, 3.8) is 0 Å². The van der Waals surface area contributed by atoms with Gasteiger partial charge in [0.2, 0.25) is 0 Å². The Morgan fingerprint density at radius 1 is 1.19 bits per heavy atom. The van der Waals surface area contributed by atoms with E-state index in [1.54, 1.807) is 7.11 Å². The highest BCUT2D eigenvalue weighted by molar-refractivity contribution is 6.83. The van der Waals surface area contributed by atoms with E-state index in [2.05, 4.69) is 31.1 Å². The third-order valence-electron chi connectivity index (χ3n) is 2.82. The molecule has 0 amide bonds. The van der Waals surface area contributed by atoms with Gasteiger partial charge in [0.05, 0.1) is 19.8 Å². The Bertz CT molecular complexity index is 466. The molecule has 0 aliphatic carbocycles. The van der Waals surface area contributed by atoms with Gasteiger partial charge in [-0.2, -0.15) is 0 Å². The van der Waals surface area contributed by atoms with Crippen LogP contribution in [-0.4, -0.2) is 33.0 Å². The Balaban J connectivity index is 2.19. The molecule has 0 bridgehead atoms. The summed E-state index contributed by atoms with van der Waals surface area (Å²) in [5.41, 5.74) is 4.36. The molecule has 0 heterocycles. The topological polar surface area (TPSA) is 38.7 Å². The van der Waals surface area contributed by atoms with Crippen LogP contribution in [0.3, 0.4) is 0 Å². The van der Waals surface area contributed by atoms with Crippen molar-refractivity contribution in [2.45, 2.75) is 45.2 Å². The molecule has 0 aromatic heterocycles. The maximum Gasteiger partial charge on any atom is 0.129 e. The van der Waals surface area contributed by atoms with Crippen molar-refractivity contribution in [1.82, 2.24) is 0 Å². The fourth-order valence-corrected chi connectivity index (χ4v) is 2.30. The Kier molecular flexibility index (Phi) is 7.52. The number of aliphatic hydroxyl groups is 1. The van der Waals surface area contributed by atoms with E-state index in [0.717, 1.165) is 11.3 Å². The summed E-state index contributed by atoms with van der Waals surface area (Å²) in [7, 11) is 0.323. The van der Waals surface area contributed by atoms with Crippen LogP contribution in [0.5, 0.6) is 5.75 Å². The quantitative estimate of drug-likeness (QED) is 0.477. The molecule has 116 valence electrons. The van der Waals surface area contributed by atoms with Gasteiger partial charge in [0.1, 0.15) is 13.8 Å². The van der Waals surface area contributed by atoms with Crippen LogP contribution in [0.1, 0.15) is 18.4 Å². The summed E-state index contributed by atoms with van der Waals surface area (Å²) >= 11 is 0. The molecule has 4 heteroatoms. The minimum Gasteiger partial charge on any atom is -0.497 e. The van der Waals surface area contributed by atoms with Crippen LogP contribution in [0, 0.1) is 11.5 Å². The van der Waals surface area contributed by atoms with Crippen molar-refractivity contribution in [2.75, 3.05) is 13.7 Å². The molecular formula is C17H26O3Si. The van der Waals surface area contributed by atoms with Gasteiger partial charge >= 0.3 is 0 Å². The molecule has 21 heavy (non-hydrogen) atoms. The maximum atomic E-state index is 9.83. The van der Waals surface area contributed by atoms with Crippen LogP contribution in [0.25, 0.3) is 0 Å². The van der Waals surface area contributed by atoms with Crippen LogP contribution in [-0.2, 0) is 11.3 Å². The van der Waals surface area contributed by atoms with Crippen molar-refractivity contribution < 1.29 is 14.6 Å². The van der Waals surface area contributed by atoms with Crippen LogP contribution in [0.15, 0.2) is 24.3 Å². The lowest BCUT2D eigenvalue weighted by Gasteiger charge is -2.09. The van der Waals surface area contributed by atoms with Gasteiger partial charge < -0.3 is 14.6 Å². The molecule has 1 aromatic rings. The minimum absolute atomic E-state index is 0.398. The molecule has 0 aliphatic heterocycles. The molecule has 0 saturated carbocycles. The van der Waals surface area contributed by atoms with Gasteiger partial charge in [0.15, 0.2) is 0 Å². The number of hydrogen-bond acceptors (Lipinski definition) is 3. The number of rotatable bonds is 7. The molecule has 3 nitrogen and oxygen atoms in total. The van der Waals surface area contributed by atoms with E-state index in [9.17, 15) is 5.11 Å². The first-order valence-corrected chi connectivity index (χ1v) is 10.8. The molecule has 1 rings (SSSR count). The molecule has 0 radical (unpaired) electrons. The van der Waals surface area contributed by atoms with E-state index >= 15 is 0 Å². The van der Waals surface area contributed by atoms with Gasteiger partial charge in [0, 0.05) is 13.0 Å². The highest BCUT2D eigenvalue weighted by Crippen LogP contribution is 2.12. The lowest BCUT2D eigenvalue weighted by Crippen LogP contribution is -2.17. The zero-order valence-electron chi connectivity index (χ0n) is 13.5. The molecule has 0 unspecified atom stereocenters. The first-order chi connectivity index (χ1) is 9.90. The number of benzene rings is 1. The summed E-state index contributed by atoms with van der Waals surface area (Å²) in [6, 6.07) is 7.79. The molecule has 1 aromatic carbocycles. The van der Waals surface area contributed by atoms with Crippen LogP contribution >= 0.6 is 0 Å². The largest absolute Gasteiger partial charge is 0.497 e. The van der Waals surface area contributed by atoms with E-state index in [1.165, 1.54) is 0 Å². The van der Waals surface area contributed by atoms with Gasteiger partial charge in [-0.05, 0) is 24.1 Å². The summed E-state index contributed by atoms with van der Waals surface area (Å²) in [6.07, 6.45) is 0.761. The second-order valence-corrected chi connectivity index (χ2v) is 10.8. The molecule has 0 saturated heterocycles. The van der Waals surface area contributed by atoms with Crippen molar-refractivity contribution in [3.05, 3.63) is 29.8 Å². The normalized spacial score (nSPS) is 12.4. The van der Waals surface area contributed by atoms with Gasteiger partial charge in [-0.1, -0.05) is 31.8 Å². The smallest absolute Gasteiger partial charge is 0.129 e. The monoisotopic (exact) mass is 306 g/mol. The zero-order valence-corrected chi connectivity index (χ0v) is 14.5. The number of hydrogen-bond donors (Lipinski definition) is 1. The number of methoxy groups -OCH3 is 1. The molecule has 0 fully saturated rings. The maximum absolute atomic E-state index is 9.83. The Labute approximate surface area is 129 Å². The Hall–Kier alpha value is -1.28. The molecular weight excluding hydrogens is 280 g/mol. The van der Waals surface area contributed by atoms with Gasteiger partial charge in [-0.25, -0.2) is 0 Å². The lowest BCUT2D eigenvalue weighted by molar-refractivity contribution is 0.0753. The van der Waals surface area contributed by atoms with E-state index in [4.69, 9.17) is 9.47 Å². The molecule has 0 spiro atoms. The first kappa shape index (κ1) is 17.8. The van der Waals surface area contributed by atoms with Gasteiger partial charge in [0.25, 0.3) is 0 Å². The third-order valence-corrected chi connectivity index (χ3v) is 3.75. The highest BCUT2D eigenvalue weighted by atomic mass is 28.3. The standard InChI is InChI=1S/C17H26O3Si/c1-19-17-9-7-15(8-10-17)14-20-12-11-16(18)6-5-13-21(2,3)4/h7-10,16,18H,6,11-12,14H2,1-4H3/t16-/m0/s1. The van der Waals surface area contributed by atoms with Crippen molar-refractivity contribution in [2.24, 2.45) is 0 Å². The van der Waals surface area contributed by atoms with E-state index in [0.29, 0.717) is 26.1 Å². The SMILES string of the molecule is COc1ccc(COCC[C@@H](O)CC#C[Si](C)(C)C)cc1. The Morgan fingerprint density at radius 2 is 1.86 bits per heavy atom. The fourth-order valence-electron chi connectivity index (χ4n) is 1.67. The second-order valence-electron chi connectivity index (χ2n) is 6.10. The van der Waals surface area contributed by atoms with Crippen molar-refractivity contribution in [1.29, 1.82) is 0 Å². The van der Waals surface area contributed by atoms with E-state index < -0.39 is 14.2 Å². The minimum atomic E-state index is -1.33. The molecule has 0 aliphatic rings. The summed E-state index contributed by atoms with van der Waals surface area (Å²) in [5, 5.41) is 9.83. The first-order valence-electron chi connectivity index (χ1n) is 7.29. The van der Waals surface area contributed by atoms with Crippen molar-refractivity contribution in [3.8, 4) is 17.2 Å². The average molecular weight is 306 g/mol. The van der Waals surface area contributed by atoms with Crippen LogP contribution < -0.4 is 4.74 Å². The summed E-state index contributed by atoms with van der Waals surface area (Å²) < 4.78 is 10.7. The van der Waals surface area contributed by atoms with E-state index in [1.807, 2.05) is 24.3 Å². The molecule has 1 atom stereocenters. The van der Waals surface area contributed by atoms with E-state index in [-0.39, 0.29) is 0 Å². The second kappa shape index (κ2) is 8.88. The predicted octanol–water partition coefficient (Wildman–Crippen LogP) is 3.23. The molecule has 1 N–H and O–H groups in total. The van der Waals surface area contributed by atoms with Crippen molar-refractivity contribution >= 4 is 8.07 Å². The van der Waals surface area contributed by atoms with Crippen LogP contribution in [0.2, 0.25) is 19.6 Å². The number of aliphatic hydroxyl groups excluding tert-OH is 1. The number of ether oxygens (including phenoxy) is 2. The van der Waals surface area contributed by atoms with Gasteiger partial charge in [-0.15, -0.1) is 11.5 Å². The zero-order chi connectivity index (χ0) is 15.7. The lowest BCUT2D eigenvalue weighted by atomic mass is 10.2. The van der Waals surface area contributed by atoms with Crippen LogP contribution in [0.4, 0.5) is 0 Å². The summed E-state index contributed by atoms with van der Waals surface area (Å²) in [6.45, 7) is 7.69. The Morgan fingerprint density at radius 3 is 2.43 bits per heavy atom. The highest BCUT2D eigenvalue weighted by Gasteiger charge is 2.08. The summed E-state index contributed by atoms with van der Waals surface area (Å²) in [4.78, 5) is 0. The van der Waals surface area contributed by atoms with Gasteiger partial charge in [-0.3, -0.25) is 0 Å². The predicted molar refractivity (Wildman–Crippen MR) is 89.0 cm³/mol. The third kappa shape index (κ3) is 8.56. The summed E-state index contributed by atoms with van der Waals surface area (Å²) in [5.74, 6) is 3.93. The average Bonchev–Trinajstić information content (AvgIpc) is 2.43. The fraction of sp³-hybridized carbons (Fsp3) is 0.529.